The molecule has 0 aromatic rings. The Balaban J connectivity index is -0.000000180. The van der Waals surface area contributed by atoms with E-state index in [4.69, 9.17) is 0 Å². The molecular weight excluding hydrogens is 445 g/mol. The third-order valence-corrected chi connectivity index (χ3v) is 0.626. The van der Waals surface area contributed by atoms with Crippen LogP contribution < -0.4 is 0 Å². The minimum Gasteiger partial charge on any atom is -0.437 e. The van der Waals surface area contributed by atoms with Crippen LogP contribution in [0.1, 0.15) is 0 Å². The van der Waals surface area contributed by atoms with E-state index in [1.54, 1.807) is 7.11 Å². The average Bonchev–Trinajstić information content (AvgIpc) is 1.69. The van der Waals surface area contributed by atoms with Gasteiger partial charge in [-0.15, -0.1) is 15.9 Å². The summed E-state index contributed by atoms with van der Waals surface area (Å²) < 4.78 is 4.52. The molecule has 0 aliphatic rings. The van der Waals surface area contributed by atoms with Crippen LogP contribution in [0.5, 0.6) is 0 Å². The molecule has 49 valence electrons. The Hall–Kier alpha value is 1.51. The zero-order valence-electron chi connectivity index (χ0n) is 5.02. The number of methoxy groups -OCH3 is 1. The van der Waals surface area contributed by atoms with E-state index >= 15 is 0 Å². The quantitative estimate of drug-likeness (QED) is 0.331. The van der Waals surface area contributed by atoms with Crippen molar-refractivity contribution in [1.29, 1.82) is 0 Å². The van der Waals surface area contributed by atoms with Crippen LogP contribution in [0.15, 0.2) is 0 Å². The maximum absolute atomic E-state index is 4.52. The number of rotatable bonds is 1. The number of ether oxygens (including phenoxy) is 1. The van der Waals surface area contributed by atoms with Gasteiger partial charge in [-0.3, -0.25) is 5.92 Å². The van der Waals surface area contributed by atoms with Crippen LogP contribution in [0.3, 0.4) is 0 Å². The van der Waals surface area contributed by atoms with Gasteiger partial charge in [0, 0.05) is 56.8 Å². The molecule has 0 aliphatic carbocycles. The second-order valence-corrected chi connectivity index (χ2v) is 1.37. The maximum atomic E-state index is 4.52. The monoisotopic (exact) mass is 450 g/mol. The first-order chi connectivity index (χ1) is 3.41. The Bertz CT molecular complexity index is 88.7. The third-order valence-electron chi connectivity index (χ3n) is 0.346. The molecule has 0 atom stereocenters. The van der Waals surface area contributed by atoms with Gasteiger partial charge in [0.15, 0.2) is 0 Å². The Kier molecular flexibility index (Phi) is 30.4. The summed E-state index contributed by atoms with van der Waals surface area (Å²) in [7, 11) is 1.57. The third kappa shape index (κ3) is 17.7. The van der Waals surface area contributed by atoms with E-state index in [2.05, 4.69) is 32.5 Å². The zero-order valence-corrected chi connectivity index (χ0v) is 12.2. The van der Waals surface area contributed by atoms with Crippen molar-refractivity contribution in [2.75, 3.05) is 12.4 Å². The average molecular weight is 451 g/mol. The molecule has 0 heterocycles. The van der Waals surface area contributed by atoms with Crippen LogP contribution in [-0.4, -0.2) is 12.4 Å². The molecule has 0 saturated heterocycles. The fraction of sp³-hybridized carbons (Fsp3) is 0.400. The van der Waals surface area contributed by atoms with Gasteiger partial charge in [0.25, 0.3) is 0 Å². The van der Waals surface area contributed by atoms with Crippen LogP contribution in [0.25, 0.3) is 0 Å². The van der Waals surface area contributed by atoms with E-state index < -0.39 is 0 Å². The fourth-order valence-corrected chi connectivity index (χ4v) is 0.301. The van der Waals surface area contributed by atoms with Gasteiger partial charge in [0.2, 0.25) is 0 Å². The maximum Gasteiger partial charge on any atom is 0.0195 e. The van der Waals surface area contributed by atoms with E-state index in [0.29, 0.717) is 5.33 Å². The van der Waals surface area contributed by atoms with Crippen LogP contribution in [0.4, 0.5) is 0 Å². The van der Waals surface area contributed by atoms with Crippen LogP contribution in [0, 0.1) is 49.6 Å². The van der Waals surface area contributed by atoms with Crippen LogP contribution in [0.2, 0.25) is 0 Å². The smallest absolute Gasteiger partial charge is 0.0195 e. The zero-order chi connectivity index (χ0) is 5.54. The van der Waals surface area contributed by atoms with Gasteiger partial charge >= 0.3 is 0 Å². The SMILES string of the molecule is CO[CH-]C#CCBr.[U].[V]. The topological polar surface area (TPSA) is 9.23 Å². The van der Waals surface area contributed by atoms with Crippen molar-refractivity contribution < 1.29 is 54.4 Å². The van der Waals surface area contributed by atoms with E-state index in [9.17, 15) is 0 Å². The minimum atomic E-state index is 0. The van der Waals surface area contributed by atoms with Gasteiger partial charge < -0.3 is 10.7 Å². The first kappa shape index (κ1) is 16.9. The molecule has 1 radical (unpaired) electrons. The summed E-state index contributed by atoms with van der Waals surface area (Å²) in [6, 6.07) is 0. The molecule has 0 bridgehead atoms. The predicted octanol–water partition coefficient (Wildman–Crippen LogP) is 1.19. The van der Waals surface area contributed by atoms with Crippen molar-refractivity contribution in [2.24, 2.45) is 0 Å². The first-order valence-electron chi connectivity index (χ1n) is 1.80. The largest absolute Gasteiger partial charge is 0.437 e. The summed E-state index contributed by atoms with van der Waals surface area (Å²) in [5, 5.41) is 0.701. The van der Waals surface area contributed by atoms with Gasteiger partial charge in [-0.25, -0.2) is 0 Å². The standard InChI is InChI=1S/C5H6BrO.U.V/c1-7-5-3-2-4-6;;/h5H,4H2,1H3;;/q-1;;. The Morgan fingerprint density at radius 3 is 2.56 bits per heavy atom. The molecule has 0 spiro atoms. The molecule has 0 unspecified atom stereocenters. The molecular formula is C5H6BrOUV-. The summed E-state index contributed by atoms with van der Waals surface area (Å²) in [5.74, 6) is 5.38. The van der Waals surface area contributed by atoms with Crippen molar-refractivity contribution in [2.45, 2.75) is 0 Å². The molecule has 9 heavy (non-hydrogen) atoms. The van der Waals surface area contributed by atoms with Crippen molar-refractivity contribution in [3.8, 4) is 11.8 Å². The normalized spacial score (nSPS) is 5.11. The second-order valence-electron chi connectivity index (χ2n) is 0.808. The van der Waals surface area contributed by atoms with Gasteiger partial charge in [-0.05, 0) is 5.33 Å². The molecule has 0 aliphatic heterocycles. The predicted molar refractivity (Wildman–Crippen MR) is 32.9 cm³/mol. The van der Waals surface area contributed by atoms with Crippen molar-refractivity contribution in [3.05, 3.63) is 6.61 Å². The summed E-state index contributed by atoms with van der Waals surface area (Å²) in [6.45, 7) is 1.45. The summed E-state index contributed by atoms with van der Waals surface area (Å²) >= 11 is 3.13. The fourth-order valence-electron chi connectivity index (χ4n) is 0.139. The molecule has 0 saturated carbocycles. The Morgan fingerprint density at radius 2 is 2.22 bits per heavy atom. The summed E-state index contributed by atoms with van der Waals surface area (Å²) in [4.78, 5) is 0. The summed E-state index contributed by atoms with van der Waals surface area (Å²) in [6.07, 6.45) is 0. The van der Waals surface area contributed by atoms with E-state index in [0.717, 1.165) is 0 Å². The molecule has 0 N–H and O–H groups in total. The van der Waals surface area contributed by atoms with Gasteiger partial charge in [-0.1, -0.05) is 6.61 Å². The molecule has 1 nitrogen and oxygen atoms in total. The van der Waals surface area contributed by atoms with Crippen molar-refractivity contribution in [1.82, 2.24) is 0 Å². The Labute approximate surface area is 100 Å². The molecule has 0 rings (SSSR count). The van der Waals surface area contributed by atoms with E-state index in [-0.39, 0.29) is 49.7 Å². The molecule has 0 fully saturated rings. The van der Waals surface area contributed by atoms with E-state index in [1.807, 2.05) is 0 Å². The van der Waals surface area contributed by atoms with Crippen LogP contribution in [-0.2, 0) is 23.3 Å². The minimum absolute atomic E-state index is 0. The van der Waals surface area contributed by atoms with Crippen molar-refractivity contribution in [3.63, 3.8) is 0 Å². The van der Waals surface area contributed by atoms with Gasteiger partial charge in [-0.2, -0.15) is 0 Å². The second kappa shape index (κ2) is 16.2. The Morgan fingerprint density at radius 1 is 1.67 bits per heavy atom. The van der Waals surface area contributed by atoms with E-state index in [1.165, 1.54) is 6.61 Å². The number of hydrogen-bond donors (Lipinski definition) is 0. The number of hydrogen-bond acceptors (Lipinski definition) is 1. The first-order valence-corrected chi connectivity index (χ1v) is 2.92. The number of halogens is 1. The molecule has 0 amide bonds. The van der Waals surface area contributed by atoms with Gasteiger partial charge in [0.05, 0.1) is 0 Å². The van der Waals surface area contributed by atoms with Gasteiger partial charge in [0.1, 0.15) is 0 Å². The molecule has 4 heteroatoms. The van der Waals surface area contributed by atoms with Crippen LogP contribution >= 0.6 is 15.9 Å². The molecule has 0 aromatic carbocycles. The number of alkyl halides is 1. The summed E-state index contributed by atoms with van der Waals surface area (Å²) in [5.41, 5.74) is 0. The molecule has 0 aromatic heterocycles. The van der Waals surface area contributed by atoms with Crippen molar-refractivity contribution >= 4 is 15.9 Å².